The molecule has 1 amide bonds. The third kappa shape index (κ3) is 3.51. The van der Waals surface area contributed by atoms with E-state index >= 15 is 0 Å². The number of carboxylic acids is 1. The van der Waals surface area contributed by atoms with Gasteiger partial charge >= 0.3 is 5.97 Å². The second-order valence-corrected chi connectivity index (χ2v) is 3.44. The molecule has 0 aromatic heterocycles. The van der Waals surface area contributed by atoms with E-state index in [-0.39, 0.29) is 12.5 Å². The van der Waals surface area contributed by atoms with Crippen LogP contribution in [0, 0.1) is 0 Å². The first-order chi connectivity index (χ1) is 7.91. The molecule has 0 atom stereocenters. The molecule has 1 aromatic carbocycles. The zero-order chi connectivity index (χ0) is 13.0. The second-order valence-electron chi connectivity index (χ2n) is 3.44. The Labute approximate surface area is 96.3 Å². The van der Waals surface area contributed by atoms with E-state index in [1.165, 1.54) is 13.0 Å². The molecule has 0 spiro atoms. The SMILES string of the molecule is CC(=O)NCc1ccc(C(F)F)c(C(=O)O)c1. The lowest BCUT2D eigenvalue weighted by Crippen LogP contribution is -2.19. The number of aromatic carboxylic acids is 1. The predicted octanol–water partition coefficient (Wildman–Crippen LogP) is 1.96. The summed E-state index contributed by atoms with van der Waals surface area (Å²) in [6.07, 6.45) is -2.84. The van der Waals surface area contributed by atoms with Gasteiger partial charge in [0.1, 0.15) is 0 Å². The molecule has 0 unspecified atom stereocenters. The van der Waals surface area contributed by atoms with Crippen LogP contribution in [-0.4, -0.2) is 17.0 Å². The van der Waals surface area contributed by atoms with Crippen LogP contribution < -0.4 is 5.32 Å². The number of rotatable bonds is 4. The Morgan fingerprint density at radius 1 is 1.41 bits per heavy atom. The first kappa shape index (κ1) is 13.1. The lowest BCUT2D eigenvalue weighted by molar-refractivity contribution is -0.119. The van der Waals surface area contributed by atoms with Gasteiger partial charge in [0.2, 0.25) is 5.91 Å². The summed E-state index contributed by atoms with van der Waals surface area (Å²) < 4.78 is 25.0. The standard InChI is InChI=1S/C11H11F2NO3/c1-6(15)14-5-7-2-3-8(10(12)13)9(4-7)11(16)17/h2-4,10H,5H2,1H3,(H,14,15)(H,16,17). The van der Waals surface area contributed by atoms with Crippen LogP contribution >= 0.6 is 0 Å². The number of carbonyl (C=O) groups excluding carboxylic acids is 1. The van der Waals surface area contributed by atoms with Gasteiger partial charge in [0.15, 0.2) is 0 Å². The second kappa shape index (κ2) is 5.38. The Kier molecular flexibility index (Phi) is 4.14. The summed E-state index contributed by atoms with van der Waals surface area (Å²) >= 11 is 0. The number of alkyl halides is 2. The smallest absolute Gasteiger partial charge is 0.336 e. The fourth-order valence-electron chi connectivity index (χ4n) is 1.32. The average Bonchev–Trinajstić information content (AvgIpc) is 2.25. The number of carboxylic acid groups (broad SMARTS) is 1. The molecule has 0 aliphatic carbocycles. The highest BCUT2D eigenvalue weighted by molar-refractivity contribution is 5.89. The van der Waals surface area contributed by atoms with E-state index in [0.717, 1.165) is 12.1 Å². The van der Waals surface area contributed by atoms with Crippen LogP contribution in [0.3, 0.4) is 0 Å². The highest BCUT2D eigenvalue weighted by Crippen LogP contribution is 2.24. The number of nitrogens with one attached hydrogen (secondary N) is 1. The molecule has 0 radical (unpaired) electrons. The molecule has 92 valence electrons. The quantitative estimate of drug-likeness (QED) is 0.849. The fraction of sp³-hybridized carbons (Fsp3) is 0.273. The number of amides is 1. The summed E-state index contributed by atoms with van der Waals surface area (Å²) in [4.78, 5) is 21.5. The van der Waals surface area contributed by atoms with Crippen LogP contribution in [0.5, 0.6) is 0 Å². The maximum atomic E-state index is 12.5. The molecule has 1 rings (SSSR count). The molecule has 0 heterocycles. The molecule has 0 aliphatic rings. The minimum atomic E-state index is -2.84. The van der Waals surface area contributed by atoms with Crippen molar-refractivity contribution in [3.63, 3.8) is 0 Å². The summed E-state index contributed by atoms with van der Waals surface area (Å²) in [6, 6.07) is 3.56. The maximum Gasteiger partial charge on any atom is 0.336 e. The first-order valence-electron chi connectivity index (χ1n) is 4.80. The average molecular weight is 243 g/mol. The predicted molar refractivity (Wildman–Crippen MR) is 55.9 cm³/mol. The van der Waals surface area contributed by atoms with Gasteiger partial charge in [-0.1, -0.05) is 12.1 Å². The normalized spacial score (nSPS) is 10.4. The van der Waals surface area contributed by atoms with E-state index in [2.05, 4.69) is 5.32 Å². The van der Waals surface area contributed by atoms with Gasteiger partial charge in [-0.05, 0) is 11.6 Å². The summed E-state index contributed by atoms with van der Waals surface area (Å²) in [5.41, 5.74) is -0.506. The van der Waals surface area contributed by atoms with Gasteiger partial charge in [-0.15, -0.1) is 0 Å². The molecule has 0 aliphatic heterocycles. The maximum absolute atomic E-state index is 12.5. The molecule has 0 saturated heterocycles. The van der Waals surface area contributed by atoms with Crippen LogP contribution in [0.15, 0.2) is 18.2 Å². The monoisotopic (exact) mass is 243 g/mol. The van der Waals surface area contributed by atoms with Crippen molar-refractivity contribution in [1.29, 1.82) is 0 Å². The van der Waals surface area contributed by atoms with Crippen LogP contribution in [0.2, 0.25) is 0 Å². The lowest BCUT2D eigenvalue weighted by Gasteiger charge is -2.08. The molecular formula is C11H11F2NO3. The minimum Gasteiger partial charge on any atom is -0.478 e. The van der Waals surface area contributed by atoms with E-state index in [0.29, 0.717) is 5.56 Å². The van der Waals surface area contributed by atoms with Gasteiger partial charge in [0, 0.05) is 19.0 Å². The third-order valence-electron chi connectivity index (χ3n) is 2.12. The summed E-state index contributed by atoms with van der Waals surface area (Å²) in [6.45, 7) is 1.42. The molecule has 6 heteroatoms. The molecule has 2 N–H and O–H groups in total. The van der Waals surface area contributed by atoms with Gasteiger partial charge in [0.05, 0.1) is 5.56 Å². The van der Waals surface area contributed by atoms with Crippen LogP contribution in [-0.2, 0) is 11.3 Å². The Morgan fingerprint density at radius 3 is 2.53 bits per heavy atom. The molecular weight excluding hydrogens is 232 g/mol. The molecule has 17 heavy (non-hydrogen) atoms. The van der Waals surface area contributed by atoms with Crippen molar-refractivity contribution in [3.05, 3.63) is 34.9 Å². The fourth-order valence-corrected chi connectivity index (χ4v) is 1.32. The summed E-state index contributed by atoms with van der Waals surface area (Å²) in [5, 5.41) is 11.3. The number of hydrogen-bond donors (Lipinski definition) is 2. The number of benzene rings is 1. The zero-order valence-electron chi connectivity index (χ0n) is 9.04. The minimum absolute atomic E-state index is 0.110. The summed E-state index contributed by atoms with van der Waals surface area (Å²) in [7, 11) is 0. The number of carbonyl (C=O) groups is 2. The molecule has 4 nitrogen and oxygen atoms in total. The van der Waals surface area contributed by atoms with Crippen molar-refractivity contribution in [2.24, 2.45) is 0 Å². The largest absolute Gasteiger partial charge is 0.478 e. The van der Waals surface area contributed by atoms with Gasteiger partial charge in [0.25, 0.3) is 6.43 Å². The van der Waals surface area contributed by atoms with Gasteiger partial charge in [-0.2, -0.15) is 0 Å². The first-order valence-corrected chi connectivity index (χ1v) is 4.80. The number of halogens is 2. The van der Waals surface area contributed by atoms with E-state index in [1.807, 2.05) is 0 Å². The van der Waals surface area contributed by atoms with E-state index in [1.54, 1.807) is 0 Å². The summed E-state index contributed by atoms with van der Waals surface area (Å²) in [5.74, 6) is -1.69. The molecule has 0 saturated carbocycles. The molecule has 0 bridgehead atoms. The lowest BCUT2D eigenvalue weighted by atomic mass is 10.0. The topological polar surface area (TPSA) is 66.4 Å². The van der Waals surface area contributed by atoms with Crippen molar-refractivity contribution in [3.8, 4) is 0 Å². The van der Waals surface area contributed by atoms with E-state index < -0.39 is 23.5 Å². The van der Waals surface area contributed by atoms with Crippen LogP contribution in [0.25, 0.3) is 0 Å². The van der Waals surface area contributed by atoms with Crippen molar-refractivity contribution >= 4 is 11.9 Å². The Morgan fingerprint density at radius 2 is 2.06 bits per heavy atom. The Balaban J connectivity index is 3.01. The highest BCUT2D eigenvalue weighted by atomic mass is 19.3. The molecule has 0 fully saturated rings. The van der Waals surface area contributed by atoms with E-state index in [9.17, 15) is 18.4 Å². The van der Waals surface area contributed by atoms with Crippen molar-refractivity contribution in [2.45, 2.75) is 19.9 Å². The highest BCUT2D eigenvalue weighted by Gasteiger charge is 2.18. The third-order valence-corrected chi connectivity index (χ3v) is 2.12. The van der Waals surface area contributed by atoms with Crippen molar-refractivity contribution in [1.82, 2.24) is 5.32 Å². The van der Waals surface area contributed by atoms with Crippen molar-refractivity contribution in [2.75, 3.05) is 0 Å². The van der Waals surface area contributed by atoms with Gasteiger partial charge in [-0.25, -0.2) is 13.6 Å². The zero-order valence-corrected chi connectivity index (χ0v) is 9.04. The molecule has 1 aromatic rings. The van der Waals surface area contributed by atoms with Crippen LogP contribution in [0.1, 0.15) is 34.8 Å². The van der Waals surface area contributed by atoms with Crippen LogP contribution in [0.4, 0.5) is 8.78 Å². The van der Waals surface area contributed by atoms with Gasteiger partial charge < -0.3 is 10.4 Å². The van der Waals surface area contributed by atoms with Gasteiger partial charge in [-0.3, -0.25) is 4.79 Å². The van der Waals surface area contributed by atoms with E-state index in [4.69, 9.17) is 5.11 Å². The van der Waals surface area contributed by atoms with Crippen molar-refractivity contribution < 1.29 is 23.5 Å². The Bertz CT molecular complexity index is 446. The number of hydrogen-bond acceptors (Lipinski definition) is 2. The Hall–Kier alpha value is -1.98.